The predicted octanol–water partition coefficient (Wildman–Crippen LogP) is 14.8. The fourth-order valence-corrected chi connectivity index (χ4v) is 10.1. The highest BCUT2D eigenvalue weighted by Crippen LogP contribution is 2.56. The molecule has 0 saturated carbocycles. The highest BCUT2D eigenvalue weighted by atomic mass is 14.4. The Morgan fingerprint density at radius 1 is 0.278 bits per heavy atom. The lowest BCUT2D eigenvalue weighted by Crippen LogP contribution is -2.18. The maximum atomic E-state index is 2.53. The van der Waals surface area contributed by atoms with E-state index in [9.17, 15) is 0 Å². The van der Waals surface area contributed by atoms with Gasteiger partial charge in [-0.1, -0.05) is 179 Å². The fraction of sp³-hybridized carbons (Fsp3) is 0.111. The summed E-state index contributed by atoms with van der Waals surface area (Å²) in [4.78, 5) is 0. The van der Waals surface area contributed by atoms with Crippen molar-refractivity contribution in [3.63, 3.8) is 0 Å². The summed E-state index contributed by atoms with van der Waals surface area (Å²) >= 11 is 0. The Morgan fingerprint density at radius 2 is 0.759 bits per heavy atom. The Balaban J connectivity index is 1.07. The second-order valence-electron chi connectivity index (χ2n) is 16.4. The largest absolute Gasteiger partial charge is 0.0619 e. The molecule has 0 saturated heterocycles. The molecule has 54 heavy (non-hydrogen) atoms. The maximum absolute atomic E-state index is 2.53. The second-order valence-corrected chi connectivity index (χ2v) is 16.4. The molecule has 0 nitrogen and oxygen atoms in total. The van der Waals surface area contributed by atoms with Gasteiger partial charge in [0.2, 0.25) is 0 Å². The van der Waals surface area contributed by atoms with E-state index in [1.54, 1.807) is 0 Å². The van der Waals surface area contributed by atoms with Crippen LogP contribution in [0, 0.1) is 0 Å². The van der Waals surface area contributed by atoms with Crippen molar-refractivity contribution in [2.24, 2.45) is 0 Å². The highest BCUT2D eigenvalue weighted by molar-refractivity contribution is 6.23. The van der Waals surface area contributed by atoms with E-state index in [1.807, 2.05) is 0 Å². The Morgan fingerprint density at radius 3 is 1.48 bits per heavy atom. The van der Waals surface area contributed by atoms with Crippen molar-refractivity contribution in [3.05, 3.63) is 192 Å². The lowest BCUT2D eigenvalue weighted by molar-refractivity contribution is 0.639. The molecule has 2 aliphatic rings. The molecule has 0 amide bonds. The van der Waals surface area contributed by atoms with Crippen LogP contribution in [0.3, 0.4) is 0 Å². The van der Waals surface area contributed by atoms with Crippen molar-refractivity contribution in [1.29, 1.82) is 0 Å². The van der Waals surface area contributed by atoms with Crippen LogP contribution < -0.4 is 0 Å². The van der Waals surface area contributed by atoms with Crippen molar-refractivity contribution in [3.8, 4) is 55.6 Å². The lowest BCUT2D eigenvalue weighted by atomic mass is 9.77. The molecule has 0 aliphatic heterocycles. The van der Waals surface area contributed by atoms with Gasteiger partial charge < -0.3 is 0 Å². The van der Waals surface area contributed by atoms with E-state index in [1.165, 1.54) is 110 Å². The molecule has 2 aliphatic carbocycles. The van der Waals surface area contributed by atoms with Crippen LogP contribution in [0.25, 0.3) is 88.0 Å². The first-order valence-electron chi connectivity index (χ1n) is 19.3. The van der Waals surface area contributed by atoms with Gasteiger partial charge in [0.05, 0.1) is 0 Å². The Bertz CT molecular complexity index is 2980. The van der Waals surface area contributed by atoms with Crippen LogP contribution in [-0.2, 0) is 10.8 Å². The molecule has 0 unspecified atom stereocenters. The molecule has 9 aromatic rings. The summed E-state index contributed by atoms with van der Waals surface area (Å²) in [5, 5.41) is 7.66. The van der Waals surface area contributed by atoms with Gasteiger partial charge in [-0.2, -0.15) is 0 Å². The summed E-state index contributed by atoms with van der Waals surface area (Å²) in [5.41, 5.74) is 18.7. The smallest absolute Gasteiger partial charge is 0.0159 e. The van der Waals surface area contributed by atoms with Gasteiger partial charge in [0.25, 0.3) is 0 Å². The second kappa shape index (κ2) is 11.1. The number of hydrogen-bond acceptors (Lipinski definition) is 0. The summed E-state index contributed by atoms with van der Waals surface area (Å²) in [5.74, 6) is 0. The van der Waals surface area contributed by atoms with Gasteiger partial charge in [0, 0.05) is 10.8 Å². The van der Waals surface area contributed by atoms with Crippen LogP contribution in [0.15, 0.2) is 170 Å². The molecular weight excluding hydrogens is 649 g/mol. The van der Waals surface area contributed by atoms with Crippen LogP contribution in [0.4, 0.5) is 0 Å². The maximum Gasteiger partial charge on any atom is 0.0159 e. The average molecular weight is 689 g/mol. The molecule has 0 bridgehead atoms. The predicted molar refractivity (Wildman–Crippen MR) is 230 cm³/mol. The van der Waals surface area contributed by atoms with Crippen LogP contribution in [0.2, 0.25) is 0 Å². The van der Waals surface area contributed by atoms with Crippen LogP contribution >= 0.6 is 0 Å². The molecule has 256 valence electrons. The summed E-state index contributed by atoms with van der Waals surface area (Å²) in [6, 6.07) is 63.9. The van der Waals surface area contributed by atoms with Crippen molar-refractivity contribution < 1.29 is 0 Å². The molecule has 9 aromatic carbocycles. The van der Waals surface area contributed by atoms with Crippen molar-refractivity contribution in [2.75, 3.05) is 0 Å². The van der Waals surface area contributed by atoms with E-state index < -0.39 is 0 Å². The third-order valence-corrected chi connectivity index (χ3v) is 12.9. The molecule has 0 heteroatoms. The summed E-state index contributed by atoms with van der Waals surface area (Å²) < 4.78 is 0. The van der Waals surface area contributed by atoms with E-state index >= 15 is 0 Å². The SMILES string of the molecule is CC1(C)c2ccccc2-c2cc3c(cc21)C(C)(C)c1cc(-c2cccc(-c4c5ccccc5c(-c5cccc6ccccc56)c5ccccc45)c2)ccc1-3. The number of hydrogen-bond donors (Lipinski definition) is 0. The topological polar surface area (TPSA) is 0 Å². The van der Waals surface area contributed by atoms with Gasteiger partial charge in [-0.25, -0.2) is 0 Å². The van der Waals surface area contributed by atoms with Crippen molar-refractivity contribution in [2.45, 2.75) is 38.5 Å². The first kappa shape index (κ1) is 31.3. The zero-order valence-corrected chi connectivity index (χ0v) is 31.2. The first-order chi connectivity index (χ1) is 26.3. The molecule has 11 rings (SSSR count). The highest BCUT2D eigenvalue weighted by Gasteiger charge is 2.41. The molecule has 0 radical (unpaired) electrons. The molecule has 0 fully saturated rings. The van der Waals surface area contributed by atoms with E-state index in [-0.39, 0.29) is 10.8 Å². The minimum atomic E-state index is -0.109. The van der Waals surface area contributed by atoms with E-state index in [2.05, 4.69) is 198 Å². The van der Waals surface area contributed by atoms with Gasteiger partial charge in [-0.05, 0) is 128 Å². The third kappa shape index (κ3) is 4.26. The van der Waals surface area contributed by atoms with Gasteiger partial charge >= 0.3 is 0 Å². The Kier molecular flexibility index (Phi) is 6.46. The quantitative estimate of drug-likeness (QED) is 0.162. The molecule has 0 heterocycles. The van der Waals surface area contributed by atoms with Crippen LogP contribution in [0.5, 0.6) is 0 Å². The van der Waals surface area contributed by atoms with Gasteiger partial charge in [-0.3, -0.25) is 0 Å². The van der Waals surface area contributed by atoms with Gasteiger partial charge in [-0.15, -0.1) is 0 Å². The van der Waals surface area contributed by atoms with Crippen molar-refractivity contribution in [1.82, 2.24) is 0 Å². The van der Waals surface area contributed by atoms with Crippen molar-refractivity contribution >= 4 is 32.3 Å². The zero-order chi connectivity index (χ0) is 36.3. The molecule has 0 aromatic heterocycles. The number of benzene rings is 9. The van der Waals surface area contributed by atoms with Crippen LogP contribution in [-0.4, -0.2) is 0 Å². The Hall–Kier alpha value is -6.24. The summed E-state index contributed by atoms with van der Waals surface area (Å²) in [6.45, 7) is 9.59. The van der Waals surface area contributed by atoms with Crippen LogP contribution in [0.1, 0.15) is 49.9 Å². The van der Waals surface area contributed by atoms with Gasteiger partial charge in [0.15, 0.2) is 0 Å². The summed E-state index contributed by atoms with van der Waals surface area (Å²) in [7, 11) is 0. The number of rotatable bonds is 3. The summed E-state index contributed by atoms with van der Waals surface area (Å²) in [6.07, 6.45) is 0. The molecule has 0 atom stereocenters. The molecule has 0 spiro atoms. The fourth-order valence-electron chi connectivity index (χ4n) is 10.1. The third-order valence-electron chi connectivity index (χ3n) is 12.9. The standard InChI is InChI=1S/C54H40/c1-53(2)47-26-12-11-20-38(47)45-31-46-39-28-27-35(30-48(39)54(3,4)50(46)32-49(45)53)34-17-13-18-36(29-34)51-41-21-7-9-23-43(41)52(44-24-10-8-22-42(44)51)40-25-14-16-33-15-5-6-19-37(33)40/h5-32H,1-4H3. The van der Waals surface area contributed by atoms with E-state index in [0.717, 1.165) is 0 Å². The minimum absolute atomic E-state index is 0.0150. The number of fused-ring (bicyclic) bond motifs is 9. The lowest BCUT2D eigenvalue weighted by Gasteiger charge is -2.26. The first-order valence-corrected chi connectivity index (χ1v) is 19.3. The molecular formula is C54H40. The average Bonchev–Trinajstić information content (AvgIpc) is 3.57. The molecule has 0 N–H and O–H groups in total. The van der Waals surface area contributed by atoms with E-state index in [4.69, 9.17) is 0 Å². The van der Waals surface area contributed by atoms with Gasteiger partial charge in [0.1, 0.15) is 0 Å². The van der Waals surface area contributed by atoms with E-state index in [0.29, 0.717) is 0 Å². The monoisotopic (exact) mass is 688 g/mol. The normalized spacial score (nSPS) is 14.6. The Labute approximate surface area is 317 Å². The zero-order valence-electron chi connectivity index (χ0n) is 31.2. The minimum Gasteiger partial charge on any atom is -0.0619 e.